The Balaban J connectivity index is 1.80. The minimum Gasteiger partial charge on any atom is -0.323 e. The third-order valence-corrected chi connectivity index (χ3v) is 8.17. The number of piperidine rings is 1. The van der Waals surface area contributed by atoms with Gasteiger partial charge in [0.2, 0.25) is 15.9 Å². The molecule has 1 amide bonds. The SMILES string of the molecule is CC[C@H](C)CN1C(=O)[C@H](C(C)C)NC12CCN(S(=O)(=O)c1ccccc1)CC2. The number of hydrogen-bond acceptors (Lipinski definition) is 4. The second-order valence-electron chi connectivity index (χ2n) is 8.58. The Bertz CT molecular complexity index is 786. The van der Waals surface area contributed by atoms with Gasteiger partial charge in [-0.3, -0.25) is 10.1 Å². The standard InChI is InChI=1S/C21H33N3O3S/c1-5-17(4)15-24-20(25)19(16(2)3)22-21(24)11-13-23(14-12-21)28(26,27)18-9-7-6-8-10-18/h6-10,16-17,19,22H,5,11-15H2,1-4H3/t17-,19-/m0/s1. The van der Waals surface area contributed by atoms with E-state index in [1.807, 2.05) is 11.0 Å². The first-order valence-corrected chi connectivity index (χ1v) is 11.8. The molecule has 2 atom stereocenters. The van der Waals surface area contributed by atoms with Crippen LogP contribution in [0.2, 0.25) is 0 Å². The van der Waals surface area contributed by atoms with Crippen LogP contribution < -0.4 is 5.32 Å². The molecule has 0 aliphatic carbocycles. The molecule has 0 radical (unpaired) electrons. The molecule has 2 heterocycles. The van der Waals surface area contributed by atoms with Gasteiger partial charge in [0.1, 0.15) is 0 Å². The van der Waals surface area contributed by atoms with Crippen LogP contribution in [0.4, 0.5) is 0 Å². The van der Waals surface area contributed by atoms with Crippen molar-refractivity contribution in [2.24, 2.45) is 11.8 Å². The molecule has 0 saturated carbocycles. The number of rotatable bonds is 6. The maximum Gasteiger partial charge on any atom is 0.243 e. The second kappa shape index (κ2) is 8.13. The van der Waals surface area contributed by atoms with E-state index in [0.29, 0.717) is 36.7 Å². The van der Waals surface area contributed by atoms with Crippen LogP contribution in [0, 0.1) is 11.8 Å². The molecule has 1 aromatic rings. The van der Waals surface area contributed by atoms with Crippen molar-refractivity contribution in [3.8, 4) is 0 Å². The van der Waals surface area contributed by atoms with Crippen molar-refractivity contribution < 1.29 is 13.2 Å². The zero-order chi connectivity index (χ0) is 20.5. The first-order valence-electron chi connectivity index (χ1n) is 10.4. The second-order valence-corrected chi connectivity index (χ2v) is 10.5. The summed E-state index contributed by atoms with van der Waals surface area (Å²) in [5, 5.41) is 3.60. The highest BCUT2D eigenvalue weighted by atomic mass is 32.2. The van der Waals surface area contributed by atoms with Gasteiger partial charge in [0, 0.05) is 19.6 Å². The van der Waals surface area contributed by atoms with Crippen molar-refractivity contribution in [3.63, 3.8) is 0 Å². The predicted octanol–water partition coefficient (Wildman–Crippen LogP) is 2.67. The number of sulfonamides is 1. The quantitative estimate of drug-likeness (QED) is 0.787. The van der Waals surface area contributed by atoms with Crippen LogP contribution in [0.25, 0.3) is 0 Å². The molecule has 0 bridgehead atoms. The van der Waals surface area contributed by atoms with E-state index in [4.69, 9.17) is 0 Å². The van der Waals surface area contributed by atoms with Gasteiger partial charge in [0.05, 0.1) is 16.6 Å². The third-order valence-electron chi connectivity index (χ3n) is 6.26. The lowest BCUT2D eigenvalue weighted by Gasteiger charge is -2.45. The van der Waals surface area contributed by atoms with Crippen molar-refractivity contribution in [2.45, 2.75) is 63.6 Å². The highest BCUT2D eigenvalue weighted by Gasteiger charge is 2.53. The van der Waals surface area contributed by atoms with Crippen LogP contribution >= 0.6 is 0 Å². The number of nitrogens with zero attached hydrogens (tertiary/aromatic N) is 2. The maximum atomic E-state index is 13.1. The van der Waals surface area contributed by atoms with Gasteiger partial charge < -0.3 is 4.90 Å². The van der Waals surface area contributed by atoms with Crippen molar-refractivity contribution in [1.82, 2.24) is 14.5 Å². The lowest BCUT2D eigenvalue weighted by molar-refractivity contribution is -0.134. The molecular weight excluding hydrogens is 374 g/mol. The third kappa shape index (κ3) is 3.84. The Morgan fingerprint density at radius 2 is 1.75 bits per heavy atom. The number of amides is 1. The molecule has 2 fully saturated rings. The fourth-order valence-corrected chi connectivity index (χ4v) is 5.68. The topological polar surface area (TPSA) is 69.7 Å². The molecule has 0 unspecified atom stereocenters. The first kappa shape index (κ1) is 21.3. The molecule has 0 aromatic heterocycles. The van der Waals surface area contributed by atoms with Gasteiger partial charge in [-0.1, -0.05) is 52.3 Å². The number of nitrogens with one attached hydrogen (secondary N) is 1. The van der Waals surface area contributed by atoms with Crippen LogP contribution in [0.5, 0.6) is 0 Å². The van der Waals surface area contributed by atoms with Crippen molar-refractivity contribution in [1.29, 1.82) is 0 Å². The summed E-state index contributed by atoms with van der Waals surface area (Å²) in [6.07, 6.45) is 2.25. The highest BCUT2D eigenvalue weighted by molar-refractivity contribution is 7.89. The summed E-state index contributed by atoms with van der Waals surface area (Å²) >= 11 is 0. The Labute approximate surface area is 169 Å². The number of carbonyl (C=O) groups excluding carboxylic acids is 1. The molecule has 1 N–H and O–H groups in total. The first-order chi connectivity index (χ1) is 13.2. The average Bonchev–Trinajstić information content (AvgIpc) is 2.95. The van der Waals surface area contributed by atoms with Gasteiger partial charge in [-0.05, 0) is 36.8 Å². The van der Waals surface area contributed by atoms with Gasteiger partial charge in [-0.2, -0.15) is 4.31 Å². The molecule has 3 rings (SSSR count). The summed E-state index contributed by atoms with van der Waals surface area (Å²) in [6.45, 7) is 9.98. The minimum atomic E-state index is -3.49. The summed E-state index contributed by atoms with van der Waals surface area (Å²) in [5.74, 6) is 0.784. The molecule has 1 spiro atoms. The van der Waals surface area contributed by atoms with Crippen molar-refractivity contribution in [3.05, 3.63) is 30.3 Å². The average molecular weight is 408 g/mol. The van der Waals surface area contributed by atoms with Crippen LogP contribution in [-0.2, 0) is 14.8 Å². The Hall–Kier alpha value is -1.44. The number of benzene rings is 1. The summed E-state index contributed by atoms with van der Waals surface area (Å²) in [5.41, 5.74) is -0.432. The summed E-state index contributed by atoms with van der Waals surface area (Å²) in [6, 6.07) is 8.40. The molecule has 7 heteroatoms. The maximum absolute atomic E-state index is 13.1. The normalized spacial score (nSPS) is 24.2. The van der Waals surface area contributed by atoms with Gasteiger partial charge in [-0.15, -0.1) is 0 Å². The van der Waals surface area contributed by atoms with E-state index >= 15 is 0 Å². The highest BCUT2D eigenvalue weighted by Crippen LogP contribution is 2.36. The van der Waals surface area contributed by atoms with E-state index in [1.165, 1.54) is 0 Å². The fourth-order valence-electron chi connectivity index (χ4n) is 4.22. The smallest absolute Gasteiger partial charge is 0.243 e. The summed E-state index contributed by atoms with van der Waals surface area (Å²) in [4.78, 5) is 15.4. The van der Waals surface area contributed by atoms with Gasteiger partial charge in [0.25, 0.3) is 0 Å². The van der Waals surface area contributed by atoms with E-state index in [1.54, 1.807) is 28.6 Å². The Morgan fingerprint density at radius 3 is 2.29 bits per heavy atom. The molecule has 156 valence electrons. The van der Waals surface area contributed by atoms with E-state index in [-0.39, 0.29) is 17.9 Å². The van der Waals surface area contributed by atoms with E-state index < -0.39 is 15.7 Å². The predicted molar refractivity (Wildman–Crippen MR) is 110 cm³/mol. The molecular formula is C21H33N3O3S. The van der Waals surface area contributed by atoms with Crippen molar-refractivity contribution in [2.75, 3.05) is 19.6 Å². The van der Waals surface area contributed by atoms with E-state index in [0.717, 1.165) is 13.0 Å². The number of hydrogen-bond donors (Lipinski definition) is 1. The lowest BCUT2D eigenvalue weighted by Crippen LogP contribution is -2.60. The van der Waals surface area contributed by atoms with E-state index in [9.17, 15) is 13.2 Å². The van der Waals surface area contributed by atoms with Crippen LogP contribution in [0.15, 0.2) is 35.2 Å². The molecule has 2 saturated heterocycles. The van der Waals surface area contributed by atoms with Gasteiger partial charge in [0.15, 0.2) is 0 Å². The fraction of sp³-hybridized carbons (Fsp3) is 0.667. The summed E-state index contributed by atoms with van der Waals surface area (Å²) in [7, 11) is -3.49. The summed E-state index contributed by atoms with van der Waals surface area (Å²) < 4.78 is 27.5. The monoisotopic (exact) mass is 407 g/mol. The van der Waals surface area contributed by atoms with Gasteiger partial charge in [-0.25, -0.2) is 8.42 Å². The zero-order valence-electron chi connectivity index (χ0n) is 17.4. The van der Waals surface area contributed by atoms with Crippen LogP contribution in [0.3, 0.4) is 0 Å². The van der Waals surface area contributed by atoms with Gasteiger partial charge >= 0.3 is 0 Å². The molecule has 1 aromatic carbocycles. The molecule has 2 aliphatic rings. The number of carbonyl (C=O) groups is 1. The lowest BCUT2D eigenvalue weighted by atomic mass is 9.95. The molecule has 2 aliphatic heterocycles. The zero-order valence-corrected chi connectivity index (χ0v) is 18.2. The largest absolute Gasteiger partial charge is 0.323 e. The molecule has 6 nitrogen and oxygen atoms in total. The van der Waals surface area contributed by atoms with Crippen LogP contribution in [0.1, 0.15) is 47.0 Å². The van der Waals surface area contributed by atoms with Crippen molar-refractivity contribution >= 4 is 15.9 Å². The minimum absolute atomic E-state index is 0.162. The van der Waals surface area contributed by atoms with E-state index in [2.05, 4.69) is 33.0 Å². The van der Waals surface area contributed by atoms with Crippen LogP contribution in [-0.4, -0.2) is 54.9 Å². The molecule has 28 heavy (non-hydrogen) atoms. The Morgan fingerprint density at radius 1 is 1.14 bits per heavy atom. The Kier molecular flexibility index (Phi) is 6.17.